The Morgan fingerprint density at radius 1 is 1.09 bits per heavy atom. The van der Waals surface area contributed by atoms with Gasteiger partial charge in [-0.3, -0.25) is 0 Å². The first-order valence-corrected chi connectivity index (χ1v) is 8.48. The first kappa shape index (κ1) is 14.6. The maximum atomic E-state index is 4.49. The number of rotatable bonds is 4. The molecular weight excluding hydrogens is 288 g/mol. The van der Waals surface area contributed by atoms with Crippen molar-refractivity contribution in [3.8, 4) is 5.82 Å². The van der Waals surface area contributed by atoms with E-state index >= 15 is 0 Å². The van der Waals surface area contributed by atoms with E-state index in [1.807, 2.05) is 18.3 Å². The molecule has 2 unspecified atom stereocenters. The quantitative estimate of drug-likeness (QED) is 0.860. The second kappa shape index (κ2) is 5.92. The largest absolute Gasteiger partial charge is 0.356 e. The molecule has 2 atom stereocenters. The van der Waals surface area contributed by atoms with Crippen LogP contribution in [0.4, 0.5) is 5.82 Å². The van der Waals surface area contributed by atoms with Gasteiger partial charge in [-0.15, -0.1) is 0 Å². The summed E-state index contributed by atoms with van der Waals surface area (Å²) in [7, 11) is 0. The predicted molar refractivity (Wildman–Crippen MR) is 89.6 cm³/mol. The van der Waals surface area contributed by atoms with Gasteiger partial charge in [0.1, 0.15) is 12.1 Å². The summed E-state index contributed by atoms with van der Waals surface area (Å²) in [5.74, 6) is 4.16. The van der Waals surface area contributed by atoms with Crippen LogP contribution in [0.5, 0.6) is 0 Å². The van der Waals surface area contributed by atoms with Gasteiger partial charge >= 0.3 is 0 Å². The third kappa shape index (κ3) is 2.95. The van der Waals surface area contributed by atoms with Gasteiger partial charge < -0.3 is 9.80 Å². The second-order valence-corrected chi connectivity index (χ2v) is 7.22. The van der Waals surface area contributed by atoms with Crippen LogP contribution in [0, 0.1) is 17.8 Å². The number of likely N-dealkylation sites (tertiary alicyclic amines) is 1. The lowest BCUT2D eigenvalue weighted by Gasteiger charge is -2.23. The number of hydrogen-bond acceptors (Lipinski definition) is 5. The first-order chi connectivity index (χ1) is 11.2. The minimum absolute atomic E-state index is 0.753. The zero-order valence-electron chi connectivity index (χ0n) is 13.8. The zero-order chi connectivity index (χ0) is 15.8. The highest BCUT2D eigenvalue weighted by molar-refractivity contribution is 5.44. The van der Waals surface area contributed by atoms with Gasteiger partial charge in [0.25, 0.3) is 0 Å². The number of aromatic nitrogens is 4. The third-order valence-corrected chi connectivity index (χ3v) is 4.89. The van der Waals surface area contributed by atoms with Crippen molar-refractivity contribution < 1.29 is 0 Å². The van der Waals surface area contributed by atoms with E-state index in [2.05, 4.69) is 38.7 Å². The monoisotopic (exact) mass is 312 g/mol. The summed E-state index contributed by atoms with van der Waals surface area (Å²) in [4.78, 5) is 13.9. The Morgan fingerprint density at radius 2 is 1.83 bits per heavy atom. The molecule has 0 radical (unpaired) electrons. The average molecular weight is 312 g/mol. The van der Waals surface area contributed by atoms with E-state index in [0.29, 0.717) is 0 Å². The van der Waals surface area contributed by atoms with E-state index in [4.69, 9.17) is 0 Å². The molecule has 0 saturated carbocycles. The molecule has 2 aromatic heterocycles. The third-order valence-electron chi connectivity index (χ3n) is 4.89. The molecule has 4 heterocycles. The van der Waals surface area contributed by atoms with Gasteiger partial charge in [0, 0.05) is 51.2 Å². The van der Waals surface area contributed by atoms with Gasteiger partial charge in [-0.05, 0) is 23.8 Å². The van der Waals surface area contributed by atoms with E-state index < -0.39 is 0 Å². The van der Waals surface area contributed by atoms with E-state index in [-0.39, 0.29) is 0 Å². The van der Waals surface area contributed by atoms with Crippen LogP contribution in [0.2, 0.25) is 0 Å². The fourth-order valence-corrected chi connectivity index (χ4v) is 3.98. The summed E-state index contributed by atoms with van der Waals surface area (Å²) in [6.07, 6.45) is 5.32. The van der Waals surface area contributed by atoms with Gasteiger partial charge in [0.2, 0.25) is 0 Å². The normalized spacial score (nSPS) is 24.6. The van der Waals surface area contributed by atoms with Crippen LogP contribution in [-0.2, 0) is 0 Å². The van der Waals surface area contributed by atoms with Crippen molar-refractivity contribution in [2.24, 2.45) is 17.8 Å². The van der Waals surface area contributed by atoms with Crippen LogP contribution in [0.1, 0.15) is 13.8 Å². The first-order valence-electron chi connectivity index (χ1n) is 8.48. The van der Waals surface area contributed by atoms with Crippen LogP contribution >= 0.6 is 0 Å². The fraction of sp³-hybridized carbons (Fsp3) is 0.588. The molecule has 2 aliphatic heterocycles. The Bertz CT molecular complexity index is 639. The van der Waals surface area contributed by atoms with Crippen molar-refractivity contribution in [2.75, 3.05) is 37.6 Å². The summed E-state index contributed by atoms with van der Waals surface area (Å²) in [5, 5.41) is 4.25. The summed E-state index contributed by atoms with van der Waals surface area (Å²) in [6.45, 7) is 10.5. The lowest BCUT2D eigenvalue weighted by atomic mass is 10.0. The molecule has 0 spiro atoms. The lowest BCUT2D eigenvalue weighted by molar-refractivity contribution is 0.280. The molecule has 0 amide bonds. The van der Waals surface area contributed by atoms with Crippen molar-refractivity contribution in [3.05, 3.63) is 30.9 Å². The smallest absolute Gasteiger partial charge is 0.158 e. The van der Waals surface area contributed by atoms with Crippen molar-refractivity contribution in [2.45, 2.75) is 13.8 Å². The zero-order valence-corrected chi connectivity index (χ0v) is 13.8. The molecule has 0 aliphatic carbocycles. The van der Waals surface area contributed by atoms with Crippen molar-refractivity contribution in [1.82, 2.24) is 24.6 Å². The summed E-state index contributed by atoms with van der Waals surface area (Å²) in [5.41, 5.74) is 0. The fourth-order valence-electron chi connectivity index (χ4n) is 3.98. The minimum Gasteiger partial charge on any atom is -0.356 e. The van der Waals surface area contributed by atoms with Gasteiger partial charge in [-0.1, -0.05) is 13.8 Å². The molecule has 0 aromatic carbocycles. The lowest BCUT2D eigenvalue weighted by Crippen LogP contribution is -2.31. The number of anilines is 1. The highest BCUT2D eigenvalue weighted by atomic mass is 15.3. The molecule has 4 rings (SSSR count). The molecule has 2 aliphatic rings. The Labute approximate surface area is 137 Å². The van der Waals surface area contributed by atoms with Crippen molar-refractivity contribution in [3.63, 3.8) is 0 Å². The maximum Gasteiger partial charge on any atom is 0.158 e. The molecule has 23 heavy (non-hydrogen) atoms. The molecular formula is C17H24N6. The Morgan fingerprint density at radius 3 is 2.48 bits per heavy atom. The Hall–Kier alpha value is -1.95. The van der Waals surface area contributed by atoms with Crippen LogP contribution in [0.25, 0.3) is 5.82 Å². The van der Waals surface area contributed by atoms with Crippen molar-refractivity contribution in [1.29, 1.82) is 0 Å². The second-order valence-electron chi connectivity index (χ2n) is 7.22. The summed E-state index contributed by atoms with van der Waals surface area (Å²) < 4.78 is 1.78. The van der Waals surface area contributed by atoms with E-state index in [9.17, 15) is 0 Å². The molecule has 2 saturated heterocycles. The van der Waals surface area contributed by atoms with Crippen LogP contribution < -0.4 is 4.90 Å². The van der Waals surface area contributed by atoms with Crippen LogP contribution in [0.15, 0.2) is 30.9 Å². The van der Waals surface area contributed by atoms with Gasteiger partial charge in [-0.2, -0.15) is 5.10 Å². The van der Waals surface area contributed by atoms with Crippen LogP contribution in [0.3, 0.4) is 0 Å². The Balaban J connectivity index is 1.45. The summed E-state index contributed by atoms with van der Waals surface area (Å²) in [6, 6.07) is 3.95. The SMILES string of the molecule is CC(C)CN1CC2CN(c3cc(-n4cccn4)ncn3)CC2C1. The molecule has 6 heteroatoms. The molecule has 2 fully saturated rings. The van der Waals surface area contributed by atoms with E-state index in [0.717, 1.165) is 42.5 Å². The topological polar surface area (TPSA) is 50.1 Å². The minimum atomic E-state index is 0.753. The van der Waals surface area contributed by atoms with Gasteiger partial charge in [0.15, 0.2) is 5.82 Å². The number of fused-ring (bicyclic) bond motifs is 1. The van der Waals surface area contributed by atoms with Crippen molar-refractivity contribution >= 4 is 5.82 Å². The molecule has 122 valence electrons. The molecule has 0 N–H and O–H groups in total. The molecule has 6 nitrogen and oxygen atoms in total. The summed E-state index contributed by atoms with van der Waals surface area (Å²) >= 11 is 0. The van der Waals surface area contributed by atoms with E-state index in [1.165, 1.54) is 19.6 Å². The highest BCUT2D eigenvalue weighted by Crippen LogP contribution is 2.33. The predicted octanol–water partition coefficient (Wildman–Crippen LogP) is 1.69. The molecule has 0 bridgehead atoms. The maximum absolute atomic E-state index is 4.49. The number of hydrogen-bond donors (Lipinski definition) is 0. The standard InChI is InChI=1S/C17H24N6/c1-13(2)7-21-8-14-10-22(11-15(14)9-21)16-6-17(19-12-18-16)23-5-3-4-20-23/h3-6,12-15H,7-11H2,1-2H3. The molecule has 2 aromatic rings. The van der Waals surface area contributed by atoms with Gasteiger partial charge in [0.05, 0.1) is 0 Å². The van der Waals surface area contributed by atoms with Crippen LogP contribution in [-0.4, -0.2) is 57.4 Å². The Kier molecular flexibility index (Phi) is 3.77. The average Bonchev–Trinajstić information content (AvgIpc) is 3.22. The van der Waals surface area contributed by atoms with Gasteiger partial charge in [-0.25, -0.2) is 14.6 Å². The van der Waals surface area contributed by atoms with E-state index in [1.54, 1.807) is 17.2 Å². The highest BCUT2D eigenvalue weighted by Gasteiger charge is 2.40. The number of nitrogens with zero attached hydrogens (tertiary/aromatic N) is 6.